The Kier molecular flexibility index (Phi) is 5.97. The van der Waals surface area contributed by atoms with Gasteiger partial charge in [0.15, 0.2) is 0 Å². The topological polar surface area (TPSA) is 35.2 Å². The van der Waals surface area contributed by atoms with E-state index in [0.29, 0.717) is 17.5 Å². The summed E-state index contributed by atoms with van der Waals surface area (Å²) >= 11 is 6.32. The Morgan fingerprint density at radius 2 is 1.94 bits per heavy atom. The number of hydrogen-bond donors (Lipinski definition) is 1. The molecule has 1 unspecified atom stereocenters. The lowest BCUT2D eigenvalue weighted by molar-refractivity contribution is 0.335. The van der Waals surface area contributed by atoms with E-state index in [2.05, 4.69) is 26.8 Å². The first kappa shape index (κ1) is 15.3. The third kappa shape index (κ3) is 3.89. The molecule has 102 valence electrons. The molecule has 0 fully saturated rings. The first-order valence-corrected chi connectivity index (χ1v) is 7.08. The Balaban J connectivity index is 3.10. The van der Waals surface area contributed by atoms with E-state index in [1.54, 1.807) is 0 Å². The van der Waals surface area contributed by atoms with E-state index in [1.165, 1.54) is 11.1 Å². The predicted molar refractivity (Wildman–Crippen MR) is 78.7 cm³/mol. The SMILES string of the molecule is CCOc1c(Cl)cc(CC(N)CC)cc1C(C)C. The van der Waals surface area contributed by atoms with Gasteiger partial charge in [0.2, 0.25) is 0 Å². The minimum Gasteiger partial charge on any atom is -0.492 e. The normalized spacial score (nSPS) is 12.8. The lowest BCUT2D eigenvalue weighted by Crippen LogP contribution is -2.21. The van der Waals surface area contributed by atoms with Gasteiger partial charge in [-0.05, 0) is 42.9 Å². The maximum absolute atomic E-state index is 6.32. The zero-order valence-electron chi connectivity index (χ0n) is 11.8. The van der Waals surface area contributed by atoms with Gasteiger partial charge in [0.05, 0.1) is 11.6 Å². The van der Waals surface area contributed by atoms with E-state index in [-0.39, 0.29) is 6.04 Å². The van der Waals surface area contributed by atoms with Crippen molar-refractivity contribution in [3.8, 4) is 5.75 Å². The largest absolute Gasteiger partial charge is 0.492 e. The molecule has 0 saturated heterocycles. The van der Waals surface area contributed by atoms with Crippen LogP contribution < -0.4 is 10.5 Å². The highest BCUT2D eigenvalue weighted by atomic mass is 35.5. The number of ether oxygens (including phenoxy) is 1. The highest BCUT2D eigenvalue weighted by Gasteiger charge is 2.14. The average Bonchev–Trinajstić information content (AvgIpc) is 2.31. The minimum atomic E-state index is 0.194. The summed E-state index contributed by atoms with van der Waals surface area (Å²) in [6.07, 6.45) is 1.84. The molecule has 1 rings (SSSR count). The van der Waals surface area contributed by atoms with Crippen molar-refractivity contribution < 1.29 is 4.74 Å². The smallest absolute Gasteiger partial charge is 0.141 e. The van der Waals surface area contributed by atoms with Gasteiger partial charge in [-0.3, -0.25) is 0 Å². The molecule has 2 nitrogen and oxygen atoms in total. The summed E-state index contributed by atoms with van der Waals surface area (Å²) in [5.41, 5.74) is 8.37. The number of rotatable bonds is 6. The molecule has 1 aromatic carbocycles. The fourth-order valence-corrected chi connectivity index (χ4v) is 2.27. The zero-order chi connectivity index (χ0) is 13.7. The molecule has 1 atom stereocenters. The standard InChI is InChI=1S/C15H24ClNO/c1-5-12(17)7-11-8-13(10(3)4)15(18-6-2)14(16)9-11/h8-10,12H,5-7,17H2,1-4H3. The third-order valence-electron chi connectivity index (χ3n) is 3.07. The van der Waals surface area contributed by atoms with Crippen LogP contribution in [0.3, 0.4) is 0 Å². The molecule has 0 aliphatic carbocycles. The first-order valence-electron chi connectivity index (χ1n) is 6.70. The maximum atomic E-state index is 6.32. The zero-order valence-corrected chi connectivity index (χ0v) is 12.6. The Hall–Kier alpha value is -0.730. The Morgan fingerprint density at radius 1 is 1.28 bits per heavy atom. The van der Waals surface area contributed by atoms with E-state index < -0.39 is 0 Å². The van der Waals surface area contributed by atoms with Crippen molar-refractivity contribution in [3.05, 3.63) is 28.3 Å². The van der Waals surface area contributed by atoms with E-state index >= 15 is 0 Å². The molecule has 2 N–H and O–H groups in total. The van der Waals surface area contributed by atoms with E-state index in [1.807, 2.05) is 13.0 Å². The summed E-state index contributed by atoms with van der Waals surface area (Å²) < 4.78 is 5.65. The van der Waals surface area contributed by atoms with E-state index in [0.717, 1.165) is 18.6 Å². The van der Waals surface area contributed by atoms with Crippen LogP contribution in [0.4, 0.5) is 0 Å². The third-order valence-corrected chi connectivity index (χ3v) is 3.35. The second kappa shape index (κ2) is 7.01. The number of nitrogens with two attached hydrogens (primary N) is 1. The van der Waals surface area contributed by atoms with E-state index in [9.17, 15) is 0 Å². The molecule has 0 radical (unpaired) electrons. The summed E-state index contributed by atoms with van der Waals surface area (Å²) in [5, 5.41) is 0.696. The molecular weight excluding hydrogens is 246 g/mol. The van der Waals surface area contributed by atoms with Gasteiger partial charge in [-0.25, -0.2) is 0 Å². The molecule has 18 heavy (non-hydrogen) atoms. The van der Waals surface area contributed by atoms with Crippen LogP contribution in [0.15, 0.2) is 12.1 Å². The van der Waals surface area contributed by atoms with Crippen LogP contribution in [0.5, 0.6) is 5.75 Å². The Morgan fingerprint density at radius 3 is 2.44 bits per heavy atom. The number of benzene rings is 1. The van der Waals surface area contributed by atoms with Gasteiger partial charge in [0.1, 0.15) is 5.75 Å². The molecule has 0 saturated carbocycles. The van der Waals surface area contributed by atoms with Crippen molar-refractivity contribution in [2.24, 2.45) is 5.73 Å². The molecule has 0 aliphatic rings. The summed E-state index contributed by atoms with van der Waals surface area (Å²) in [6, 6.07) is 4.35. The minimum absolute atomic E-state index is 0.194. The van der Waals surface area contributed by atoms with Gasteiger partial charge in [0, 0.05) is 6.04 Å². The van der Waals surface area contributed by atoms with Crippen molar-refractivity contribution in [3.63, 3.8) is 0 Å². The van der Waals surface area contributed by atoms with Crippen LogP contribution >= 0.6 is 11.6 Å². The fourth-order valence-electron chi connectivity index (χ4n) is 1.96. The number of halogens is 1. The average molecular weight is 270 g/mol. The maximum Gasteiger partial charge on any atom is 0.141 e. The van der Waals surface area contributed by atoms with Crippen molar-refractivity contribution in [1.29, 1.82) is 0 Å². The summed E-state index contributed by atoms with van der Waals surface area (Å²) in [7, 11) is 0. The molecule has 0 bridgehead atoms. The van der Waals surface area contributed by atoms with Crippen molar-refractivity contribution in [1.82, 2.24) is 0 Å². The first-order chi connectivity index (χ1) is 8.49. The highest BCUT2D eigenvalue weighted by Crippen LogP contribution is 2.35. The molecule has 0 spiro atoms. The van der Waals surface area contributed by atoms with Crippen molar-refractivity contribution >= 4 is 11.6 Å². The lowest BCUT2D eigenvalue weighted by atomic mass is 9.96. The van der Waals surface area contributed by atoms with Gasteiger partial charge in [0.25, 0.3) is 0 Å². The predicted octanol–water partition coefficient (Wildman–Crippen LogP) is 4.14. The monoisotopic (exact) mass is 269 g/mol. The fraction of sp³-hybridized carbons (Fsp3) is 0.600. The summed E-state index contributed by atoms with van der Waals surface area (Å²) in [6.45, 7) is 9.01. The van der Waals surface area contributed by atoms with Gasteiger partial charge in [-0.15, -0.1) is 0 Å². The van der Waals surface area contributed by atoms with Gasteiger partial charge in [-0.2, -0.15) is 0 Å². The molecule has 1 aromatic rings. The number of hydrogen-bond acceptors (Lipinski definition) is 2. The summed E-state index contributed by atoms with van der Waals surface area (Å²) in [4.78, 5) is 0. The highest BCUT2D eigenvalue weighted by molar-refractivity contribution is 6.32. The lowest BCUT2D eigenvalue weighted by Gasteiger charge is -2.18. The van der Waals surface area contributed by atoms with Gasteiger partial charge in [-0.1, -0.05) is 38.4 Å². The van der Waals surface area contributed by atoms with Crippen LogP contribution in [0.25, 0.3) is 0 Å². The van der Waals surface area contributed by atoms with Crippen LogP contribution in [-0.2, 0) is 6.42 Å². The second-order valence-electron chi connectivity index (χ2n) is 4.96. The quantitative estimate of drug-likeness (QED) is 0.842. The van der Waals surface area contributed by atoms with Crippen LogP contribution in [0.2, 0.25) is 5.02 Å². The molecule has 0 heterocycles. The van der Waals surface area contributed by atoms with Crippen LogP contribution in [-0.4, -0.2) is 12.6 Å². The van der Waals surface area contributed by atoms with Crippen LogP contribution in [0.1, 0.15) is 51.2 Å². The molecule has 0 amide bonds. The van der Waals surface area contributed by atoms with Crippen LogP contribution in [0, 0.1) is 0 Å². The molecular formula is C15H24ClNO. The Bertz CT molecular complexity index is 390. The Labute approximate surface area is 115 Å². The van der Waals surface area contributed by atoms with Gasteiger partial charge >= 0.3 is 0 Å². The van der Waals surface area contributed by atoms with Gasteiger partial charge < -0.3 is 10.5 Å². The van der Waals surface area contributed by atoms with Crippen molar-refractivity contribution in [2.75, 3.05) is 6.61 Å². The second-order valence-corrected chi connectivity index (χ2v) is 5.36. The molecule has 0 aliphatic heterocycles. The molecule has 3 heteroatoms. The molecule has 0 aromatic heterocycles. The van der Waals surface area contributed by atoms with E-state index in [4.69, 9.17) is 22.1 Å². The summed E-state index contributed by atoms with van der Waals surface area (Å²) in [5.74, 6) is 1.21. The van der Waals surface area contributed by atoms with Crippen molar-refractivity contribution in [2.45, 2.75) is 52.5 Å².